The quantitative estimate of drug-likeness (QED) is 0.266. The monoisotopic (exact) mass is 463 g/mol. The second kappa shape index (κ2) is 7.76. The Labute approximate surface area is 210 Å². The molecule has 3 heteroatoms. The number of rotatable bonds is 3. The van der Waals surface area contributed by atoms with Gasteiger partial charge in [-0.25, -0.2) is 4.98 Å². The molecule has 3 heterocycles. The number of benzene rings is 3. The molecule has 1 aliphatic rings. The number of pyridine rings is 2. The summed E-state index contributed by atoms with van der Waals surface area (Å²) >= 11 is 0. The Hall–Kier alpha value is -4.50. The van der Waals surface area contributed by atoms with Gasteiger partial charge in [-0.05, 0) is 29.8 Å². The Bertz CT molecular complexity index is 1690. The number of aromatic nitrogens is 3. The third kappa shape index (κ3) is 2.99. The van der Waals surface area contributed by atoms with E-state index < -0.39 is 0 Å². The standard InChI is InChI=1S/C33H25N3/c1-33(2)26-17-11-19-34-31(26)30-25-16-9-10-18-29(25)36(32(30)33)24-20-27(22-12-5-3-6-13-22)35-28(21-24)23-14-7-4-8-15-23/h3-21H,1-2H3. The summed E-state index contributed by atoms with van der Waals surface area (Å²) in [6.45, 7) is 4.62. The number of nitrogens with zero attached hydrogens (tertiary/aromatic N) is 3. The van der Waals surface area contributed by atoms with Crippen molar-refractivity contribution in [2.45, 2.75) is 19.3 Å². The van der Waals surface area contributed by atoms with Gasteiger partial charge < -0.3 is 4.57 Å². The molecule has 0 radical (unpaired) electrons. The predicted molar refractivity (Wildman–Crippen MR) is 147 cm³/mol. The summed E-state index contributed by atoms with van der Waals surface area (Å²) in [7, 11) is 0. The lowest BCUT2D eigenvalue weighted by molar-refractivity contribution is 0.622. The van der Waals surface area contributed by atoms with Crippen molar-refractivity contribution >= 4 is 10.9 Å². The molecular weight excluding hydrogens is 438 g/mol. The van der Waals surface area contributed by atoms with Gasteiger partial charge >= 0.3 is 0 Å². The molecule has 0 atom stereocenters. The van der Waals surface area contributed by atoms with E-state index in [1.165, 1.54) is 27.7 Å². The normalized spacial score (nSPS) is 13.5. The Morgan fingerprint density at radius 1 is 0.667 bits per heavy atom. The lowest BCUT2D eigenvalue weighted by Crippen LogP contribution is -2.20. The number of fused-ring (bicyclic) bond motifs is 5. The van der Waals surface area contributed by atoms with E-state index in [1.807, 2.05) is 24.4 Å². The summed E-state index contributed by atoms with van der Waals surface area (Å²) in [5.74, 6) is 0. The van der Waals surface area contributed by atoms with Crippen LogP contribution in [0.4, 0.5) is 0 Å². The van der Waals surface area contributed by atoms with Gasteiger partial charge in [0.25, 0.3) is 0 Å². The first-order chi connectivity index (χ1) is 17.6. The van der Waals surface area contributed by atoms with Crippen LogP contribution in [-0.4, -0.2) is 14.5 Å². The molecule has 6 aromatic rings. The minimum atomic E-state index is -0.193. The van der Waals surface area contributed by atoms with Crippen molar-refractivity contribution in [2.75, 3.05) is 0 Å². The molecule has 0 aliphatic heterocycles. The zero-order chi connectivity index (χ0) is 24.3. The lowest BCUT2D eigenvalue weighted by Gasteiger charge is -2.24. The van der Waals surface area contributed by atoms with E-state index in [0.29, 0.717) is 0 Å². The van der Waals surface area contributed by atoms with E-state index >= 15 is 0 Å². The minimum Gasteiger partial charge on any atom is -0.312 e. The smallest absolute Gasteiger partial charge is 0.0768 e. The summed E-state index contributed by atoms with van der Waals surface area (Å²) in [4.78, 5) is 9.97. The van der Waals surface area contributed by atoms with Gasteiger partial charge in [0.05, 0.1) is 28.3 Å². The molecule has 7 rings (SSSR count). The minimum absolute atomic E-state index is 0.193. The van der Waals surface area contributed by atoms with Crippen molar-refractivity contribution in [3.05, 3.63) is 127 Å². The fraction of sp³-hybridized carbons (Fsp3) is 0.0909. The maximum absolute atomic E-state index is 5.11. The van der Waals surface area contributed by atoms with Crippen molar-refractivity contribution in [2.24, 2.45) is 0 Å². The molecule has 3 nitrogen and oxygen atoms in total. The fourth-order valence-electron chi connectivity index (χ4n) is 5.74. The third-order valence-corrected chi connectivity index (χ3v) is 7.39. The molecule has 0 bridgehead atoms. The van der Waals surface area contributed by atoms with E-state index in [-0.39, 0.29) is 5.41 Å². The summed E-state index contributed by atoms with van der Waals surface area (Å²) in [5.41, 5.74) is 11.1. The SMILES string of the molecule is CC1(C)c2cccnc2-c2c1n(-c1cc(-c3ccccc3)nc(-c3ccccc3)c1)c1ccccc21. The molecule has 0 saturated carbocycles. The van der Waals surface area contributed by atoms with Gasteiger partial charge in [0.15, 0.2) is 0 Å². The van der Waals surface area contributed by atoms with E-state index in [0.717, 1.165) is 33.9 Å². The molecule has 3 aromatic carbocycles. The van der Waals surface area contributed by atoms with Crippen LogP contribution in [0.25, 0.3) is 50.4 Å². The van der Waals surface area contributed by atoms with Gasteiger partial charge in [-0.2, -0.15) is 0 Å². The van der Waals surface area contributed by atoms with Crippen LogP contribution in [0.5, 0.6) is 0 Å². The van der Waals surface area contributed by atoms with Crippen LogP contribution in [0.2, 0.25) is 0 Å². The predicted octanol–water partition coefficient (Wildman–Crippen LogP) is 8.06. The third-order valence-electron chi connectivity index (χ3n) is 7.39. The molecule has 0 spiro atoms. The zero-order valence-electron chi connectivity index (χ0n) is 20.3. The van der Waals surface area contributed by atoms with Gasteiger partial charge in [-0.15, -0.1) is 0 Å². The summed E-state index contributed by atoms with van der Waals surface area (Å²) < 4.78 is 2.44. The van der Waals surface area contributed by atoms with Crippen LogP contribution >= 0.6 is 0 Å². The zero-order valence-corrected chi connectivity index (χ0v) is 20.3. The summed E-state index contributed by atoms with van der Waals surface area (Å²) in [6.07, 6.45) is 1.91. The van der Waals surface area contributed by atoms with Crippen molar-refractivity contribution in [1.29, 1.82) is 0 Å². The van der Waals surface area contributed by atoms with Gasteiger partial charge in [0, 0.05) is 39.4 Å². The topological polar surface area (TPSA) is 30.7 Å². The van der Waals surface area contributed by atoms with Gasteiger partial charge in [-0.3, -0.25) is 4.98 Å². The highest BCUT2D eigenvalue weighted by atomic mass is 15.0. The van der Waals surface area contributed by atoms with Gasteiger partial charge in [0.2, 0.25) is 0 Å². The maximum Gasteiger partial charge on any atom is 0.0768 e. The molecular formula is C33H25N3. The van der Waals surface area contributed by atoms with E-state index in [2.05, 4.69) is 109 Å². The Balaban J connectivity index is 1.58. The first kappa shape index (κ1) is 20.8. The Kier molecular flexibility index (Phi) is 4.49. The molecule has 0 unspecified atom stereocenters. The Morgan fingerprint density at radius 2 is 1.28 bits per heavy atom. The van der Waals surface area contributed by atoms with E-state index in [1.54, 1.807) is 0 Å². The van der Waals surface area contributed by atoms with Crippen LogP contribution in [0, 0.1) is 0 Å². The van der Waals surface area contributed by atoms with Crippen molar-refractivity contribution in [3.63, 3.8) is 0 Å². The van der Waals surface area contributed by atoms with Crippen LogP contribution < -0.4 is 0 Å². The van der Waals surface area contributed by atoms with Crippen molar-refractivity contribution in [3.8, 4) is 39.5 Å². The lowest BCUT2D eigenvalue weighted by atomic mass is 9.86. The van der Waals surface area contributed by atoms with Crippen LogP contribution in [0.1, 0.15) is 25.1 Å². The fourth-order valence-corrected chi connectivity index (χ4v) is 5.74. The second-order valence-corrected chi connectivity index (χ2v) is 9.93. The number of hydrogen-bond donors (Lipinski definition) is 0. The molecule has 3 aromatic heterocycles. The molecule has 0 saturated heterocycles. The molecule has 0 amide bonds. The molecule has 0 N–H and O–H groups in total. The largest absolute Gasteiger partial charge is 0.312 e. The van der Waals surface area contributed by atoms with Crippen molar-refractivity contribution < 1.29 is 0 Å². The molecule has 172 valence electrons. The highest BCUT2D eigenvalue weighted by molar-refractivity contribution is 6.02. The number of hydrogen-bond acceptors (Lipinski definition) is 2. The van der Waals surface area contributed by atoms with Crippen LogP contribution in [0.15, 0.2) is 115 Å². The highest BCUT2D eigenvalue weighted by Crippen LogP contribution is 2.52. The Morgan fingerprint density at radius 3 is 1.94 bits per heavy atom. The number of para-hydroxylation sites is 1. The van der Waals surface area contributed by atoms with Crippen LogP contribution in [0.3, 0.4) is 0 Å². The van der Waals surface area contributed by atoms with E-state index in [9.17, 15) is 0 Å². The molecule has 36 heavy (non-hydrogen) atoms. The first-order valence-corrected chi connectivity index (χ1v) is 12.4. The molecule has 1 aliphatic carbocycles. The average molecular weight is 464 g/mol. The average Bonchev–Trinajstić information content (AvgIpc) is 3.40. The van der Waals surface area contributed by atoms with Gasteiger partial charge in [0.1, 0.15) is 0 Å². The summed E-state index contributed by atoms with van der Waals surface area (Å²) in [5, 5.41) is 1.23. The maximum atomic E-state index is 5.11. The highest BCUT2D eigenvalue weighted by Gasteiger charge is 2.41. The van der Waals surface area contributed by atoms with Gasteiger partial charge in [-0.1, -0.05) is 98.8 Å². The first-order valence-electron chi connectivity index (χ1n) is 12.4. The molecule has 0 fully saturated rings. The second-order valence-electron chi connectivity index (χ2n) is 9.93. The van der Waals surface area contributed by atoms with E-state index in [4.69, 9.17) is 9.97 Å². The van der Waals surface area contributed by atoms with Crippen molar-refractivity contribution in [1.82, 2.24) is 14.5 Å². The summed E-state index contributed by atoms with van der Waals surface area (Å²) in [6, 6.07) is 38.3. The van der Waals surface area contributed by atoms with Crippen LogP contribution in [-0.2, 0) is 5.41 Å².